The molecule has 2 heterocycles. The third kappa shape index (κ3) is 4.20. The summed E-state index contributed by atoms with van der Waals surface area (Å²) in [4.78, 5) is 29.5. The number of fused-ring (bicyclic) bond motifs is 1. The summed E-state index contributed by atoms with van der Waals surface area (Å²) in [5, 5.41) is 9.28. The molecule has 5 rings (SSSR count). The molecule has 1 aromatic carbocycles. The van der Waals surface area contributed by atoms with Crippen molar-refractivity contribution < 1.29 is 13.2 Å². The van der Waals surface area contributed by atoms with E-state index in [-0.39, 0.29) is 17.4 Å². The minimum absolute atomic E-state index is 0.00119. The van der Waals surface area contributed by atoms with Crippen molar-refractivity contribution in [3.63, 3.8) is 0 Å². The molecule has 2 aliphatic carbocycles. The second-order valence-electron chi connectivity index (χ2n) is 8.92. The van der Waals surface area contributed by atoms with Crippen molar-refractivity contribution in [3.8, 4) is 0 Å². The topological polar surface area (TPSA) is 129 Å². The van der Waals surface area contributed by atoms with Crippen molar-refractivity contribution in [1.82, 2.24) is 14.8 Å². The number of hydrogen-bond acceptors (Lipinski definition) is 6. The number of amides is 1. The van der Waals surface area contributed by atoms with E-state index in [1.165, 1.54) is 16.0 Å². The molecule has 2 fully saturated rings. The van der Waals surface area contributed by atoms with Crippen LogP contribution in [0, 0.1) is 5.92 Å². The maximum Gasteiger partial charge on any atom is 0.277 e. The average Bonchev–Trinajstić information content (AvgIpc) is 3.65. The first-order valence-corrected chi connectivity index (χ1v) is 12.7. The number of sulfonamides is 1. The molecule has 2 aromatic heterocycles. The molecule has 0 spiro atoms. The van der Waals surface area contributed by atoms with Gasteiger partial charge < -0.3 is 10.6 Å². The Morgan fingerprint density at radius 2 is 1.91 bits per heavy atom. The highest BCUT2D eigenvalue weighted by Gasteiger charge is 2.30. The summed E-state index contributed by atoms with van der Waals surface area (Å²) in [6, 6.07) is 7.29. The molecule has 0 radical (unpaired) electrons. The van der Waals surface area contributed by atoms with E-state index >= 15 is 0 Å². The fourth-order valence-corrected chi connectivity index (χ4v) is 4.37. The Hall–Kier alpha value is -3.34. The number of rotatable bonds is 7. The van der Waals surface area contributed by atoms with Crippen LogP contribution in [0.15, 0.2) is 29.1 Å². The highest BCUT2D eigenvalue weighted by molar-refractivity contribution is 7.92. The molecule has 174 valence electrons. The number of aryl methyl sites for hydroxylation is 1. The monoisotopic (exact) mass is 470 g/mol. The molecular formula is C22H26N6O4S. The number of aromatic nitrogens is 3. The highest BCUT2D eigenvalue weighted by Crippen LogP contribution is 2.43. The maximum atomic E-state index is 12.8. The zero-order valence-corrected chi connectivity index (χ0v) is 19.5. The van der Waals surface area contributed by atoms with Crippen LogP contribution in [0.25, 0.3) is 11.0 Å². The maximum absolute atomic E-state index is 12.8. The van der Waals surface area contributed by atoms with Crippen molar-refractivity contribution in [2.45, 2.75) is 31.6 Å². The summed E-state index contributed by atoms with van der Waals surface area (Å²) >= 11 is 0. The first kappa shape index (κ1) is 21.5. The Balaban J connectivity index is 1.60. The smallest absolute Gasteiger partial charge is 0.277 e. The Labute approximate surface area is 191 Å². The molecule has 0 aliphatic heterocycles. The van der Waals surface area contributed by atoms with Gasteiger partial charge in [0.05, 0.1) is 23.3 Å². The number of pyridine rings is 1. The number of anilines is 4. The molecule has 0 atom stereocenters. The van der Waals surface area contributed by atoms with Crippen LogP contribution in [0.2, 0.25) is 0 Å². The summed E-state index contributed by atoms with van der Waals surface area (Å²) in [6.45, 7) is 0. The van der Waals surface area contributed by atoms with Gasteiger partial charge in [-0.2, -0.15) is 0 Å². The van der Waals surface area contributed by atoms with Crippen LogP contribution in [-0.2, 0) is 21.9 Å². The Kier molecular flexibility index (Phi) is 4.96. The molecule has 0 bridgehead atoms. The molecule has 33 heavy (non-hydrogen) atoms. The lowest BCUT2D eigenvalue weighted by Gasteiger charge is -2.22. The molecule has 1 amide bonds. The molecule has 10 nitrogen and oxygen atoms in total. The summed E-state index contributed by atoms with van der Waals surface area (Å²) in [5.41, 5.74) is 2.57. The quantitative estimate of drug-likeness (QED) is 0.487. The Morgan fingerprint density at radius 3 is 2.55 bits per heavy atom. The van der Waals surface area contributed by atoms with Gasteiger partial charge in [0.25, 0.3) is 5.56 Å². The molecule has 2 aliphatic rings. The van der Waals surface area contributed by atoms with Crippen molar-refractivity contribution in [3.05, 3.63) is 40.2 Å². The largest absolute Gasteiger partial charge is 0.353 e. The minimum Gasteiger partial charge on any atom is -0.353 e. The number of benzene rings is 1. The van der Waals surface area contributed by atoms with Crippen molar-refractivity contribution in [2.24, 2.45) is 13.0 Å². The first-order chi connectivity index (χ1) is 15.6. The number of nitrogens with zero attached hydrogens (tertiary/aromatic N) is 3. The fraction of sp³-hybridized carbons (Fsp3) is 0.409. The highest BCUT2D eigenvalue weighted by atomic mass is 32.2. The first-order valence-electron chi connectivity index (χ1n) is 10.9. The van der Waals surface area contributed by atoms with Gasteiger partial charge >= 0.3 is 0 Å². The molecule has 2 saturated carbocycles. The van der Waals surface area contributed by atoms with Gasteiger partial charge in [0.15, 0.2) is 5.65 Å². The third-order valence-electron chi connectivity index (χ3n) is 6.19. The Bertz CT molecular complexity index is 1430. The lowest BCUT2D eigenvalue weighted by atomic mass is 10.1. The van der Waals surface area contributed by atoms with Gasteiger partial charge in [0.1, 0.15) is 11.2 Å². The standard InChI is InChI=1S/C22H26N6O4S/c1-27-22(30)19-16(11-18(24-20(19)26-27)25-21(29)13-6-7-13)23-15-9-8-14(12-4-5-12)10-17(15)28(2)33(3,31)32/h8-13H,4-7H2,1-3H3,(H3,23,24,25,26,29). The fourth-order valence-electron chi connectivity index (χ4n) is 3.87. The van der Waals surface area contributed by atoms with Crippen molar-refractivity contribution >= 4 is 49.8 Å². The molecule has 0 saturated heterocycles. The lowest BCUT2D eigenvalue weighted by Crippen LogP contribution is -2.25. The van der Waals surface area contributed by atoms with Gasteiger partial charge in [-0.3, -0.25) is 23.7 Å². The van der Waals surface area contributed by atoms with E-state index in [1.54, 1.807) is 13.1 Å². The zero-order chi connectivity index (χ0) is 23.5. The molecular weight excluding hydrogens is 444 g/mol. The van der Waals surface area contributed by atoms with Gasteiger partial charge in [0, 0.05) is 26.1 Å². The van der Waals surface area contributed by atoms with Crippen LogP contribution >= 0.6 is 0 Å². The molecule has 0 unspecified atom stereocenters. The molecule has 3 aromatic rings. The van der Waals surface area contributed by atoms with Gasteiger partial charge in [-0.25, -0.2) is 13.4 Å². The number of aromatic amines is 1. The van der Waals surface area contributed by atoms with Crippen LogP contribution in [0.3, 0.4) is 0 Å². The summed E-state index contributed by atoms with van der Waals surface area (Å²) < 4.78 is 27.2. The van der Waals surface area contributed by atoms with Crippen LogP contribution in [0.4, 0.5) is 22.9 Å². The number of H-pyrrole nitrogens is 1. The van der Waals surface area contributed by atoms with Crippen LogP contribution in [-0.4, -0.2) is 42.4 Å². The lowest BCUT2D eigenvalue weighted by molar-refractivity contribution is -0.117. The van der Waals surface area contributed by atoms with Gasteiger partial charge in [-0.05, 0) is 49.3 Å². The number of carbonyl (C=O) groups is 1. The van der Waals surface area contributed by atoms with E-state index in [9.17, 15) is 18.0 Å². The molecule has 11 heteroatoms. The SMILES string of the molecule is CN(c1cc(C2CC2)ccc1Nc1cc(NC(=O)C2CC2)nc2[nH]n(C)c(=O)c12)S(C)(=O)=O. The van der Waals surface area contributed by atoms with Crippen LogP contribution < -0.4 is 20.5 Å². The van der Waals surface area contributed by atoms with Gasteiger partial charge in [0.2, 0.25) is 15.9 Å². The number of nitrogens with one attached hydrogen (secondary N) is 3. The van der Waals surface area contributed by atoms with E-state index < -0.39 is 10.0 Å². The summed E-state index contributed by atoms with van der Waals surface area (Å²) in [6.07, 6.45) is 5.04. The van der Waals surface area contributed by atoms with Gasteiger partial charge in [-0.15, -0.1) is 0 Å². The third-order valence-corrected chi connectivity index (χ3v) is 7.38. The van der Waals surface area contributed by atoms with Crippen molar-refractivity contribution in [1.29, 1.82) is 0 Å². The normalized spacial score (nSPS) is 16.1. The average molecular weight is 471 g/mol. The van der Waals surface area contributed by atoms with E-state index in [4.69, 9.17) is 0 Å². The predicted octanol–water partition coefficient (Wildman–Crippen LogP) is 2.63. The molecule has 3 N–H and O–H groups in total. The number of hydrogen-bond donors (Lipinski definition) is 3. The predicted molar refractivity (Wildman–Crippen MR) is 128 cm³/mol. The van der Waals surface area contributed by atoms with Crippen LogP contribution in [0.1, 0.15) is 37.2 Å². The van der Waals surface area contributed by atoms with E-state index in [0.717, 1.165) is 37.5 Å². The van der Waals surface area contributed by atoms with Gasteiger partial charge in [-0.1, -0.05) is 6.07 Å². The second kappa shape index (κ2) is 7.62. The summed E-state index contributed by atoms with van der Waals surface area (Å²) in [5.74, 6) is 0.659. The van der Waals surface area contributed by atoms with Crippen LogP contribution in [0.5, 0.6) is 0 Å². The van der Waals surface area contributed by atoms with Crippen molar-refractivity contribution in [2.75, 3.05) is 28.2 Å². The van der Waals surface area contributed by atoms with E-state index in [2.05, 4.69) is 20.7 Å². The summed E-state index contributed by atoms with van der Waals surface area (Å²) in [7, 11) is -0.422. The Morgan fingerprint density at radius 1 is 1.18 bits per heavy atom. The minimum atomic E-state index is -3.51. The van der Waals surface area contributed by atoms with E-state index in [1.807, 2.05) is 18.2 Å². The van der Waals surface area contributed by atoms with E-state index in [0.29, 0.717) is 39.8 Å². The number of carbonyl (C=O) groups excluding carboxylic acids is 1. The zero-order valence-electron chi connectivity index (χ0n) is 18.7. The second-order valence-corrected chi connectivity index (χ2v) is 10.9.